The number of hydrogen-bond donors (Lipinski definition) is 1. The number of aliphatic hydroxyl groups is 1. The van der Waals surface area contributed by atoms with E-state index >= 15 is 0 Å². The molecule has 1 atom stereocenters. The molecule has 1 heterocycles. The normalized spacial score (nSPS) is 24.7. The highest BCUT2D eigenvalue weighted by molar-refractivity contribution is 6.32. The summed E-state index contributed by atoms with van der Waals surface area (Å²) < 4.78 is 5.26. The van der Waals surface area contributed by atoms with Gasteiger partial charge in [-0.15, -0.1) is 0 Å². The van der Waals surface area contributed by atoms with Gasteiger partial charge in [-0.3, -0.25) is 0 Å². The summed E-state index contributed by atoms with van der Waals surface area (Å²) >= 11 is 6.06. The molecule has 0 bridgehead atoms. The van der Waals surface area contributed by atoms with Crippen LogP contribution in [0.2, 0.25) is 5.02 Å². The van der Waals surface area contributed by atoms with Crippen molar-refractivity contribution < 1.29 is 9.84 Å². The number of rotatable bonds is 3. The lowest BCUT2D eigenvalue weighted by atomic mass is 9.87. The standard InChI is InChI=1S/C16H24ClNO2/c1-12(2)18-9-4-7-16(19,8-10-18)13-5-6-14(17)15(11-13)20-3/h5-6,11-12,19H,4,7-10H2,1-3H3. The predicted octanol–water partition coefficient (Wildman–Crippen LogP) is 3.43. The van der Waals surface area contributed by atoms with Crippen molar-refractivity contribution in [2.24, 2.45) is 0 Å². The van der Waals surface area contributed by atoms with Crippen LogP contribution in [-0.4, -0.2) is 36.2 Å². The van der Waals surface area contributed by atoms with Gasteiger partial charge in [0.25, 0.3) is 0 Å². The van der Waals surface area contributed by atoms with Crippen LogP contribution in [0.3, 0.4) is 0 Å². The van der Waals surface area contributed by atoms with Crippen molar-refractivity contribution in [2.45, 2.75) is 44.8 Å². The van der Waals surface area contributed by atoms with E-state index in [0.29, 0.717) is 16.8 Å². The Kier molecular flexibility index (Phi) is 4.95. The fourth-order valence-electron chi connectivity index (χ4n) is 2.89. The molecule has 1 aliphatic rings. The average molecular weight is 298 g/mol. The van der Waals surface area contributed by atoms with Crippen LogP contribution >= 0.6 is 11.6 Å². The monoisotopic (exact) mass is 297 g/mol. The summed E-state index contributed by atoms with van der Waals surface area (Å²) in [7, 11) is 1.60. The first kappa shape index (κ1) is 15.6. The van der Waals surface area contributed by atoms with Crippen molar-refractivity contribution in [2.75, 3.05) is 20.2 Å². The number of likely N-dealkylation sites (tertiary alicyclic amines) is 1. The minimum absolute atomic E-state index is 0.525. The Morgan fingerprint density at radius 1 is 1.30 bits per heavy atom. The van der Waals surface area contributed by atoms with E-state index in [1.165, 1.54) is 0 Å². The molecule has 1 N–H and O–H groups in total. The fraction of sp³-hybridized carbons (Fsp3) is 0.625. The number of ether oxygens (including phenoxy) is 1. The van der Waals surface area contributed by atoms with Gasteiger partial charge < -0.3 is 14.7 Å². The molecule has 20 heavy (non-hydrogen) atoms. The summed E-state index contributed by atoms with van der Waals surface area (Å²) in [6.45, 7) is 6.37. The third-order valence-electron chi connectivity index (χ3n) is 4.27. The van der Waals surface area contributed by atoms with Gasteiger partial charge in [0.1, 0.15) is 5.75 Å². The Labute approximate surface area is 126 Å². The Balaban J connectivity index is 2.22. The molecule has 0 aliphatic carbocycles. The molecular weight excluding hydrogens is 274 g/mol. The quantitative estimate of drug-likeness (QED) is 0.928. The molecule has 0 radical (unpaired) electrons. The average Bonchev–Trinajstić information content (AvgIpc) is 2.62. The van der Waals surface area contributed by atoms with E-state index in [2.05, 4.69) is 18.7 Å². The van der Waals surface area contributed by atoms with Crippen LogP contribution in [0.1, 0.15) is 38.7 Å². The number of hydrogen-bond acceptors (Lipinski definition) is 3. The molecule has 0 spiro atoms. The van der Waals surface area contributed by atoms with Crippen LogP contribution in [0.25, 0.3) is 0 Å². The van der Waals surface area contributed by atoms with E-state index in [1.54, 1.807) is 13.2 Å². The minimum Gasteiger partial charge on any atom is -0.495 e. The largest absolute Gasteiger partial charge is 0.495 e. The molecule has 0 aromatic heterocycles. The number of benzene rings is 1. The van der Waals surface area contributed by atoms with Crippen LogP contribution in [0.4, 0.5) is 0 Å². The van der Waals surface area contributed by atoms with Crippen molar-refractivity contribution >= 4 is 11.6 Å². The summed E-state index contributed by atoms with van der Waals surface area (Å²) in [6.07, 6.45) is 2.52. The maximum atomic E-state index is 11.0. The summed E-state index contributed by atoms with van der Waals surface area (Å²) in [5, 5.41) is 11.6. The SMILES string of the molecule is COc1cc(C2(O)CCCN(C(C)C)CC2)ccc1Cl. The molecule has 1 saturated heterocycles. The fourth-order valence-corrected chi connectivity index (χ4v) is 3.09. The lowest BCUT2D eigenvalue weighted by Crippen LogP contribution is -2.33. The second-order valence-corrected chi connectivity index (χ2v) is 6.27. The molecule has 4 heteroatoms. The lowest BCUT2D eigenvalue weighted by molar-refractivity contribution is 0.0202. The molecule has 2 rings (SSSR count). The summed E-state index contributed by atoms with van der Waals surface area (Å²) in [5.41, 5.74) is 0.131. The number of nitrogens with zero attached hydrogens (tertiary/aromatic N) is 1. The third kappa shape index (κ3) is 3.27. The molecule has 112 valence electrons. The zero-order chi connectivity index (χ0) is 14.8. The van der Waals surface area contributed by atoms with Gasteiger partial charge in [0.15, 0.2) is 0 Å². The van der Waals surface area contributed by atoms with E-state index < -0.39 is 5.60 Å². The van der Waals surface area contributed by atoms with Gasteiger partial charge in [0.05, 0.1) is 17.7 Å². The van der Waals surface area contributed by atoms with Gasteiger partial charge in [-0.2, -0.15) is 0 Å². The number of methoxy groups -OCH3 is 1. The van der Waals surface area contributed by atoms with Crippen LogP contribution in [0.5, 0.6) is 5.75 Å². The zero-order valence-electron chi connectivity index (χ0n) is 12.5. The lowest BCUT2D eigenvalue weighted by Gasteiger charge is -2.29. The molecule has 1 unspecified atom stereocenters. The molecule has 1 aliphatic heterocycles. The van der Waals surface area contributed by atoms with Gasteiger partial charge in [-0.25, -0.2) is 0 Å². The van der Waals surface area contributed by atoms with Gasteiger partial charge in [-0.1, -0.05) is 17.7 Å². The van der Waals surface area contributed by atoms with Gasteiger partial charge in [0.2, 0.25) is 0 Å². The second kappa shape index (κ2) is 6.33. The first-order valence-corrected chi connectivity index (χ1v) is 7.64. The Morgan fingerprint density at radius 3 is 2.70 bits per heavy atom. The van der Waals surface area contributed by atoms with Crippen molar-refractivity contribution in [3.8, 4) is 5.75 Å². The van der Waals surface area contributed by atoms with Crippen LogP contribution in [0, 0.1) is 0 Å². The topological polar surface area (TPSA) is 32.7 Å². The van der Waals surface area contributed by atoms with Crippen LogP contribution in [0.15, 0.2) is 18.2 Å². The first-order valence-electron chi connectivity index (χ1n) is 7.27. The van der Waals surface area contributed by atoms with Crippen molar-refractivity contribution in [3.05, 3.63) is 28.8 Å². The second-order valence-electron chi connectivity index (χ2n) is 5.86. The van der Waals surface area contributed by atoms with Gasteiger partial charge >= 0.3 is 0 Å². The van der Waals surface area contributed by atoms with Crippen molar-refractivity contribution in [1.82, 2.24) is 4.90 Å². The summed E-state index contributed by atoms with van der Waals surface area (Å²) in [5.74, 6) is 0.627. The zero-order valence-corrected chi connectivity index (χ0v) is 13.3. The minimum atomic E-state index is -0.776. The highest BCUT2D eigenvalue weighted by Crippen LogP contribution is 2.36. The van der Waals surface area contributed by atoms with E-state index in [0.717, 1.165) is 37.9 Å². The molecular formula is C16H24ClNO2. The molecule has 3 nitrogen and oxygen atoms in total. The van der Waals surface area contributed by atoms with Crippen LogP contribution in [-0.2, 0) is 5.60 Å². The smallest absolute Gasteiger partial charge is 0.137 e. The Morgan fingerprint density at radius 2 is 2.05 bits per heavy atom. The van der Waals surface area contributed by atoms with Crippen LogP contribution < -0.4 is 4.74 Å². The van der Waals surface area contributed by atoms with E-state index in [-0.39, 0.29) is 0 Å². The maximum absolute atomic E-state index is 11.0. The van der Waals surface area contributed by atoms with E-state index in [1.807, 2.05) is 12.1 Å². The first-order chi connectivity index (χ1) is 9.46. The van der Waals surface area contributed by atoms with Gasteiger partial charge in [0, 0.05) is 12.6 Å². The molecule has 0 saturated carbocycles. The Bertz CT molecular complexity index is 464. The molecule has 0 amide bonds. The highest BCUT2D eigenvalue weighted by atomic mass is 35.5. The highest BCUT2D eigenvalue weighted by Gasteiger charge is 2.33. The summed E-state index contributed by atoms with van der Waals surface area (Å²) in [4.78, 5) is 2.42. The molecule has 1 aromatic carbocycles. The third-order valence-corrected chi connectivity index (χ3v) is 4.58. The molecule has 1 aromatic rings. The van der Waals surface area contributed by atoms with Crippen molar-refractivity contribution in [3.63, 3.8) is 0 Å². The van der Waals surface area contributed by atoms with E-state index in [9.17, 15) is 5.11 Å². The molecule has 1 fully saturated rings. The van der Waals surface area contributed by atoms with Crippen molar-refractivity contribution in [1.29, 1.82) is 0 Å². The predicted molar refractivity (Wildman–Crippen MR) is 82.5 cm³/mol. The maximum Gasteiger partial charge on any atom is 0.137 e. The number of halogens is 1. The van der Waals surface area contributed by atoms with Gasteiger partial charge in [-0.05, 0) is 57.4 Å². The summed E-state index contributed by atoms with van der Waals surface area (Å²) in [6, 6.07) is 6.11. The van der Waals surface area contributed by atoms with E-state index in [4.69, 9.17) is 16.3 Å². The Hall–Kier alpha value is -0.770.